The molecular formula is C22H24N2O5S. The monoisotopic (exact) mass is 428 g/mol. The van der Waals surface area contributed by atoms with Gasteiger partial charge in [-0.25, -0.2) is 8.42 Å². The number of sulfone groups is 1. The third-order valence-corrected chi connectivity index (χ3v) is 6.53. The number of amides is 1. The quantitative estimate of drug-likeness (QED) is 0.590. The Labute approximate surface area is 176 Å². The van der Waals surface area contributed by atoms with Crippen LogP contribution in [-0.4, -0.2) is 32.3 Å². The number of nitrogens with zero attached hydrogens (tertiary/aromatic N) is 1. The molecule has 1 heterocycles. The van der Waals surface area contributed by atoms with E-state index in [4.69, 9.17) is 9.26 Å². The molecule has 158 valence electrons. The minimum atomic E-state index is -3.64. The first-order chi connectivity index (χ1) is 14.3. The molecule has 3 rings (SSSR count). The van der Waals surface area contributed by atoms with Gasteiger partial charge in [-0.15, -0.1) is 0 Å². The van der Waals surface area contributed by atoms with Crippen LogP contribution in [0.5, 0.6) is 5.75 Å². The number of carbonyl (C=O) groups excluding carboxylic acids is 1. The maximum Gasteiger partial charge on any atom is 0.221 e. The van der Waals surface area contributed by atoms with Crippen LogP contribution in [0.25, 0.3) is 11.3 Å². The molecule has 0 spiro atoms. The van der Waals surface area contributed by atoms with E-state index in [9.17, 15) is 13.2 Å². The minimum Gasteiger partial charge on any atom is -0.497 e. The molecule has 3 aromatic rings. The molecule has 2 aromatic carbocycles. The standard InChI is InChI=1S/C22H24N2O5S/c1-15-4-7-18(20-12-16(2)24-29-20)13-21(15)30(26,27)11-10-22(25)23-14-17-5-8-19(28-3)9-6-17/h4-9,12-13H,10-11,14H2,1-3H3,(H,23,25). The summed E-state index contributed by atoms with van der Waals surface area (Å²) in [6.45, 7) is 3.84. The molecular weight excluding hydrogens is 404 g/mol. The average Bonchev–Trinajstić information content (AvgIpc) is 3.17. The topological polar surface area (TPSA) is 98.5 Å². The summed E-state index contributed by atoms with van der Waals surface area (Å²) in [6, 6.07) is 14.1. The number of ether oxygens (including phenoxy) is 1. The van der Waals surface area contributed by atoms with Crippen molar-refractivity contribution in [3.8, 4) is 17.1 Å². The lowest BCUT2D eigenvalue weighted by Crippen LogP contribution is -2.25. The fourth-order valence-electron chi connectivity index (χ4n) is 2.96. The summed E-state index contributed by atoms with van der Waals surface area (Å²) in [5, 5.41) is 6.59. The van der Waals surface area contributed by atoms with Gasteiger partial charge in [0.1, 0.15) is 5.75 Å². The van der Waals surface area contributed by atoms with Crippen LogP contribution in [0.1, 0.15) is 23.2 Å². The molecule has 8 heteroatoms. The number of aromatic nitrogens is 1. The van der Waals surface area contributed by atoms with Gasteiger partial charge < -0.3 is 14.6 Å². The largest absolute Gasteiger partial charge is 0.497 e. The van der Waals surface area contributed by atoms with Crippen LogP contribution < -0.4 is 10.1 Å². The zero-order valence-corrected chi connectivity index (χ0v) is 18.0. The van der Waals surface area contributed by atoms with Crippen LogP contribution in [0.4, 0.5) is 0 Å². The Hall–Kier alpha value is -3.13. The molecule has 0 atom stereocenters. The van der Waals surface area contributed by atoms with Crippen molar-refractivity contribution in [3.05, 3.63) is 65.4 Å². The first kappa shape index (κ1) is 21.6. The second kappa shape index (κ2) is 9.13. The van der Waals surface area contributed by atoms with Gasteiger partial charge in [-0.05, 0) is 43.2 Å². The first-order valence-electron chi connectivity index (χ1n) is 9.45. The zero-order chi connectivity index (χ0) is 21.7. The van der Waals surface area contributed by atoms with Crippen molar-refractivity contribution < 1.29 is 22.5 Å². The maximum atomic E-state index is 12.9. The van der Waals surface area contributed by atoms with E-state index in [1.807, 2.05) is 12.1 Å². The number of hydrogen-bond donors (Lipinski definition) is 1. The summed E-state index contributed by atoms with van der Waals surface area (Å²) >= 11 is 0. The summed E-state index contributed by atoms with van der Waals surface area (Å²) < 4.78 is 36.0. The van der Waals surface area contributed by atoms with Gasteiger partial charge >= 0.3 is 0 Å². The van der Waals surface area contributed by atoms with Crippen molar-refractivity contribution in [1.29, 1.82) is 0 Å². The van der Waals surface area contributed by atoms with E-state index in [0.717, 1.165) is 11.3 Å². The van der Waals surface area contributed by atoms with Gasteiger partial charge in [0.15, 0.2) is 15.6 Å². The lowest BCUT2D eigenvalue weighted by molar-refractivity contribution is -0.120. The van der Waals surface area contributed by atoms with Crippen molar-refractivity contribution in [1.82, 2.24) is 10.5 Å². The Balaban J connectivity index is 1.63. The minimum absolute atomic E-state index is 0.121. The number of hydrogen-bond acceptors (Lipinski definition) is 6. The molecule has 1 aromatic heterocycles. The Kier molecular flexibility index (Phi) is 6.56. The van der Waals surface area contributed by atoms with E-state index in [0.29, 0.717) is 29.1 Å². The molecule has 0 fully saturated rings. The third-order valence-electron chi connectivity index (χ3n) is 4.68. The van der Waals surface area contributed by atoms with E-state index < -0.39 is 9.84 Å². The number of methoxy groups -OCH3 is 1. The van der Waals surface area contributed by atoms with Crippen LogP contribution in [0.15, 0.2) is 57.9 Å². The number of nitrogens with one attached hydrogen (secondary N) is 1. The number of carbonyl (C=O) groups is 1. The predicted molar refractivity (Wildman–Crippen MR) is 113 cm³/mol. The van der Waals surface area contributed by atoms with Gasteiger partial charge in [-0.2, -0.15) is 0 Å². The van der Waals surface area contributed by atoms with Crippen molar-refractivity contribution in [3.63, 3.8) is 0 Å². The van der Waals surface area contributed by atoms with Crippen LogP contribution in [0, 0.1) is 13.8 Å². The lowest BCUT2D eigenvalue weighted by atomic mass is 10.1. The SMILES string of the molecule is COc1ccc(CNC(=O)CCS(=O)(=O)c2cc(-c3cc(C)no3)ccc2C)cc1. The summed E-state index contributed by atoms with van der Waals surface area (Å²) in [7, 11) is -2.06. The highest BCUT2D eigenvalue weighted by Crippen LogP contribution is 2.26. The van der Waals surface area contributed by atoms with Gasteiger partial charge in [-0.3, -0.25) is 4.79 Å². The third kappa shape index (κ3) is 5.27. The zero-order valence-electron chi connectivity index (χ0n) is 17.1. The fourth-order valence-corrected chi connectivity index (χ4v) is 4.50. The molecule has 1 amide bonds. The van der Waals surface area contributed by atoms with Crippen molar-refractivity contribution in [2.45, 2.75) is 31.7 Å². The molecule has 0 saturated carbocycles. The van der Waals surface area contributed by atoms with Crippen LogP contribution in [-0.2, 0) is 21.2 Å². The fraction of sp³-hybridized carbons (Fsp3) is 0.273. The molecule has 0 unspecified atom stereocenters. The number of benzene rings is 2. The van der Waals surface area contributed by atoms with E-state index in [-0.39, 0.29) is 23.0 Å². The Morgan fingerprint density at radius 3 is 2.47 bits per heavy atom. The average molecular weight is 429 g/mol. The van der Waals surface area contributed by atoms with Crippen LogP contribution in [0.2, 0.25) is 0 Å². The van der Waals surface area contributed by atoms with Crippen molar-refractivity contribution in [2.75, 3.05) is 12.9 Å². The number of rotatable bonds is 8. The Morgan fingerprint density at radius 2 is 1.83 bits per heavy atom. The molecule has 0 saturated heterocycles. The van der Waals surface area contributed by atoms with E-state index in [1.54, 1.807) is 57.4 Å². The molecule has 0 radical (unpaired) electrons. The normalized spacial score (nSPS) is 11.3. The highest BCUT2D eigenvalue weighted by Gasteiger charge is 2.20. The molecule has 0 aliphatic heterocycles. The van der Waals surface area contributed by atoms with Gasteiger partial charge in [-0.1, -0.05) is 29.4 Å². The van der Waals surface area contributed by atoms with Gasteiger partial charge in [0.25, 0.3) is 0 Å². The number of aryl methyl sites for hydroxylation is 2. The van der Waals surface area contributed by atoms with E-state index in [2.05, 4.69) is 10.5 Å². The summed E-state index contributed by atoms with van der Waals surface area (Å²) in [5.41, 5.74) is 2.86. The summed E-state index contributed by atoms with van der Waals surface area (Å²) in [6.07, 6.45) is -0.121. The maximum absolute atomic E-state index is 12.9. The van der Waals surface area contributed by atoms with Gasteiger partial charge in [0, 0.05) is 24.6 Å². The highest BCUT2D eigenvalue weighted by molar-refractivity contribution is 7.91. The summed E-state index contributed by atoms with van der Waals surface area (Å²) in [4.78, 5) is 12.4. The Bertz CT molecular complexity index is 1130. The van der Waals surface area contributed by atoms with E-state index in [1.165, 1.54) is 0 Å². The molecule has 30 heavy (non-hydrogen) atoms. The second-order valence-electron chi connectivity index (χ2n) is 7.01. The van der Waals surface area contributed by atoms with Crippen molar-refractivity contribution >= 4 is 15.7 Å². The summed E-state index contributed by atoms with van der Waals surface area (Å²) in [5.74, 6) is 0.630. The molecule has 0 bridgehead atoms. The van der Waals surface area contributed by atoms with Gasteiger partial charge in [0.05, 0.1) is 23.5 Å². The Morgan fingerprint density at radius 1 is 1.10 bits per heavy atom. The van der Waals surface area contributed by atoms with Crippen LogP contribution >= 0.6 is 0 Å². The molecule has 0 aliphatic rings. The highest BCUT2D eigenvalue weighted by atomic mass is 32.2. The first-order valence-corrected chi connectivity index (χ1v) is 11.1. The smallest absolute Gasteiger partial charge is 0.221 e. The van der Waals surface area contributed by atoms with Crippen molar-refractivity contribution in [2.24, 2.45) is 0 Å². The van der Waals surface area contributed by atoms with E-state index >= 15 is 0 Å². The molecule has 7 nitrogen and oxygen atoms in total. The van der Waals surface area contributed by atoms with Crippen LogP contribution in [0.3, 0.4) is 0 Å². The molecule has 1 N–H and O–H groups in total. The second-order valence-corrected chi connectivity index (χ2v) is 9.08. The lowest BCUT2D eigenvalue weighted by Gasteiger charge is -2.10. The van der Waals surface area contributed by atoms with Gasteiger partial charge in [0.2, 0.25) is 5.91 Å². The molecule has 0 aliphatic carbocycles. The predicted octanol–water partition coefficient (Wildman–Crippen LogP) is 3.45.